The second kappa shape index (κ2) is 46.8. The summed E-state index contributed by atoms with van der Waals surface area (Å²) in [4.78, 5) is 220. The molecule has 37 heteroatoms. The first-order chi connectivity index (χ1) is 52.9. The lowest BCUT2D eigenvalue weighted by molar-refractivity contribution is -0.139. The molecule has 12 amide bonds. The number of aromatic nitrogens is 6. The summed E-state index contributed by atoms with van der Waals surface area (Å²) < 4.78 is 0. The summed E-state index contributed by atoms with van der Waals surface area (Å²) in [5.41, 5.74) is 10.0. The molecule has 5 unspecified atom stereocenters. The number of carbonyl (C=O) groups excluding carboxylic acids is 12. The Morgan fingerprint density at radius 1 is 0.282 bits per heavy atom. The van der Waals surface area contributed by atoms with Crippen LogP contribution < -0.4 is 69.5 Å². The summed E-state index contributed by atoms with van der Waals surface area (Å²) in [6, 6.07) is 18.8. The van der Waals surface area contributed by atoms with Crippen LogP contribution in [0.1, 0.15) is 93.7 Å². The molecule has 0 fully saturated rings. The quantitative estimate of drug-likeness (QED) is 0.0201. The van der Waals surface area contributed by atoms with Crippen LogP contribution in [-0.2, 0) is 91.2 Å². The SMILES string of the molecule is NCCC(=O)NCCC(=O)NC(Cc1ccnc(-c2ccccn2)c1)C(=O)NCCC(=O)NC(CCC(=O)O)C(=O)NCCC(=O)NC(Cc1ccnc(-c2ccccn2)c1)C(=O)NCCC(=O)NC(CCC(=O)O)C(=O)NCCC(=O)NC(Cc1ccnc(-c2ccccn2)c1)C(=O)NCCC(=O)NCCC(=O)O. The second-order valence-electron chi connectivity index (χ2n) is 24.7. The summed E-state index contributed by atoms with van der Waals surface area (Å²) in [5.74, 6) is -12.2. The van der Waals surface area contributed by atoms with Gasteiger partial charge in [0.2, 0.25) is 70.9 Å². The minimum Gasteiger partial charge on any atom is -0.481 e. The van der Waals surface area contributed by atoms with Crippen molar-refractivity contribution in [2.24, 2.45) is 5.73 Å². The molecule has 584 valence electrons. The zero-order chi connectivity index (χ0) is 79.6. The number of amides is 12. The molecule has 0 saturated heterocycles. The molecule has 110 heavy (non-hydrogen) atoms. The van der Waals surface area contributed by atoms with Gasteiger partial charge in [-0.05, 0) is 102 Å². The van der Waals surface area contributed by atoms with Crippen LogP contribution in [0.3, 0.4) is 0 Å². The number of carbonyl (C=O) groups is 15. The highest BCUT2D eigenvalue weighted by atomic mass is 16.4. The first kappa shape index (κ1) is 85.8. The van der Waals surface area contributed by atoms with Gasteiger partial charge in [-0.3, -0.25) is 102 Å². The number of nitrogens with zero attached hydrogens (tertiary/aromatic N) is 6. The molecule has 6 rings (SSSR count). The highest BCUT2D eigenvalue weighted by Crippen LogP contribution is 2.20. The molecule has 0 bridgehead atoms. The molecule has 0 aliphatic heterocycles. The molecule has 0 aliphatic rings. The molecule has 6 heterocycles. The third-order valence-electron chi connectivity index (χ3n) is 16.1. The van der Waals surface area contributed by atoms with Gasteiger partial charge in [0.05, 0.1) is 40.6 Å². The van der Waals surface area contributed by atoms with E-state index in [1.807, 2.05) is 0 Å². The first-order valence-electron chi connectivity index (χ1n) is 35.2. The maximum absolute atomic E-state index is 14.1. The predicted octanol–water partition coefficient (Wildman–Crippen LogP) is -1.78. The van der Waals surface area contributed by atoms with Gasteiger partial charge in [0.1, 0.15) is 30.2 Å². The summed E-state index contributed by atoms with van der Waals surface area (Å²) in [6.07, 6.45) is 4.53. The Bertz CT molecular complexity index is 4140. The van der Waals surface area contributed by atoms with Crippen molar-refractivity contribution in [3.8, 4) is 34.2 Å². The van der Waals surface area contributed by atoms with E-state index in [0.29, 0.717) is 50.9 Å². The average Bonchev–Trinajstić information content (AvgIpc) is 0.856. The molecular weight excluding hydrogens is 1430 g/mol. The molecule has 5 atom stereocenters. The standard InChI is InChI=1S/C73H89N19O18/c74-25-14-59(93)81-32-19-63(97)90-57(43-46-16-30-79-54(40-46)49-8-2-5-27-76-49)72(109)86-36-20-61(95)88-52(11-13-67(102)103)70(107)84-35-23-65(99)92-58(44-47-17-31-80-55(41-47)50-9-3-6-28-77-50)73(110)87-37-21-62(96)89-51(10-12-66(100)101)69(106)83-34-22-64(98)91-56(71(108)85-33-18-60(94)82-38-24-68(104)105)42-45-15-29-78-53(39-45)48-7-1-4-26-75-48/h1-9,15-17,26-31,39-41,51-52,56-58H,10-14,18-25,32-38,42-44,74H2,(H,81,93)(H,82,94)(H,83,106)(H,84,107)(H,85,108)(H,86,109)(H,87,110)(H,88,95)(H,89,96)(H,90,97)(H,91,98)(H,92,99)(H,100,101)(H,102,103)(H,104,105). The molecule has 0 aromatic carbocycles. The van der Waals surface area contributed by atoms with Crippen molar-refractivity contribution in [3.05, 3.63) is 145 Å². The fourth-order valence-corrected chi connectivity index (χ4v) is 10.6. The van der Waals surface area contributed by atoms with Gasteiger partial charge in [0.25, 0.3) is 0 Å². The van der Waals surface area contributed by atoms with Crippen molar-refractivity contribution in [1.82, 2.24) is 93.7 Å². The number of carboxylic acids is 3. The first-order valence-corrected chi connectivity index (χ1v) is 35.2. The minimum atomic E-state index is -1.46. The van der Waals surface area contributed by atoms with Crippen LogP contribution in [0.15, 0.2) is 128 Å². The van der Waals surface area contributed by atoms with E-state index < -0.39 is 171 Å². The van der Waals surface area contributed by atoms with Crippen LogP contribution in [0.2, 0.25) is 0 Å². The number of nitrogens with one attached hydrogen (secondary N) is 12. The van der Waals surface area contributed by atoms with Gasteiger partial charge in [-0.15, -0.1) is 0 Å². The third kappa shape index (κ3) is 32.7. The van der Waals surface area contributed by atoms with Crippen molar-refractivity contribution < 1.29 is 87.2 Å². The lowest BCUT2D eigenvalue weighted by Crippen LogP contribution is -2.51. The number of rotatable bonds is 48. The van der Waals surface area contributed by atoms with Crippen molar-refractivity contribution in [3.63, 3.8) is 0 Å². The Kier molecular flexibility index (Phi) is 36.5. The molecule has 0 spiro atoms. The van der Waals surface area contributed by atoms with Gasteiger partial charge >= 0.3 is 17.9 Å². The molecule has 6 aromatic rings. The van der Waals surface area contributed by atoms with Gasteiger partial charge in [-0.2, -0.15) is 0 Å². The van der Waals surface area contributed by atoms with Crippen LogP contribution >= 0.6 is 0 Å². The number of hydrogen-bond acceptors (Lipinski definition) is 22. The molecule has 0 aliphatic carbocycles. The van der Waals surface area contributed by atoms with Gasteiger partial charge in [-0.25, -0.2) is 0 Å². The zero-order valence-electron chi connectivity index (χ0n) is 60.0. The summed E-state index contributed by atoms with van der Waals surface area (Å²) in [6.45, 7) is -1.68. The van der Waals surface area contributed by atoms with E-state index in [9.17, 15) is 82.1 Å². The molecule has 17 N–H and O–H groups in total. The van der Waals surface area contributed by atoms with E-state index in [2.05, 4.69) is 93.7 Å². The van der Waals surface area contributed by atoms with E-state index >= 15 is 0 Å². The maximum Gasteiger partial charge on any atom is 0.305 e. The zero-order valence-corrected chi connectivity index (χ0v) is 60.0. The van der Waals surface area contributed by atoms with Gasteiger partial charge in [0, 0.05) is 167 Å². The molecule has 6 aromatic heterocycles. The minimum absolute atomic E-state index is 0.0346. The Hall–Kier alpha value is -13.1. The van der Waals surface area contributed by atoms with Crippen LogP contribution in [-0.4, -0.2) is 217 Å². The maximum atomic E-state index is 14.1. The lowest BCUT2D eigenvalue weighted by atomic mass is 10.0. The topological polar surface area (TPSA) is 564 Å². The van der Waals surface area contributed by atoms with Crippen molar-refractivity contribution in [2.45, 2.75) is 127 Å². The largest absolute Gasteiger partial charge is 0.481 e. The second-order valence-corrected chi connectivity index (χ2v) is 24.7. The van der Waals surface area contributed by atoms with Crippen molar-refractivity contribution >= 4 is 88.8 Å². The van der Waals surface area contributed by atoms with Crippen LogP contribution in [0.4, 0.5) is 0 Å². The Balaban J connectivity index is 1.03. The predicted molar refractivity (Wildman–Crippen MR) is 392 cm³/mol. The van der Waals surface area contributed by atoms with E-state index in [1.54, 1.807) is 110 Å². The normalized spacial score (nSPS) is 12.1. The van der Waals surface area contributed by atoms with Gasteiger partial charge in [0.15, 0.2) is 0 Å². The summed E-state index contributed by atoms with van der Waals surface area (Å²) in [7, 11) is 0. The number of aliphatic carboxylic acids is 3. The Labute approximate surface area is 630 Å². The van der Waals surface area contributed by atoms with Crippen molar-refractivity contribution in [2.75, 3.05) is 52.4 Å². The highest BCUT2D eigenvalue weighted by molar-refractivity contribution is 5.93. The Morgan fingerprint density at radius 2 is 0.536 bits per heavy atom. The smallest absolute Gasteiger partial charge is 0.305 e. The van der Waals surface area contributed by atoms with E-state index in [1.165, 1.54) is 18.6 Å². The third-order valence-corrected chi connectivity index (χ3v) is 16.1. The summed E-state index contributed by atoms with van der Waals surface area (Å²) >= 11 is 0. The van der Waals surface area contributed by atoms with Crippen LogP contribution in [0, 0.1) is 0 Å². The molecule has 37 nitrogen and oxygen atoms in total. The van der Waals surface area contributed by atoms with Crippen LogP contribution in [0.25, 0.3) is 34.2 Å². The number of hydrogen-bond donors (Lipinski definition) is 16. The fraction of sp³-hybridized carbons (Fsp3) is 0.384. The molecule has 0 saturated carbocycles. The van der Waals surface area contributed by atoms with Gasteiger partial charge in [-0.1, -0.05) is 18.2 Å². The highest BCUT2D eigenvalue weighted by Gasteiger charge is 2.29. The van der Waals surface area contributed by atoms with E-state index in [4.69, 9.17) is 10.8 Å². The van der Waals surface area contributed by atoms with Crippen LogP contribution in [0.5, 0.6) is 0 Å². The van der Waals surface area contributed by atoms with Crippen molar-refractivity contribution in [1.29, 1.82) is 0 Å². The Morgan fingerprint density at radius 3 is 0.818 bits per heavy atom. The number of nitrogens with two attached hydrogens (primary N) is 1. The number of carboxylic acid groups (broad SMARTS) is 3. The summed E-state index contributed by atoms with van der Waals surface area (Å²) in [5, 5.41) is 58.6. The lowest BCUT2D eigenvalue weighted by Gasteiger charge is -2.21. The van der Waals surface area contributed by atoms with E-state index in [-0.39, 0.29) is 96.7 Å². The van der Waals surface area contributed by atoms with Gasteiger partial charge < -0.3 is 84.9 Å². The average molecular weight is 1520 g/mol. The van der Waals surface area contributed by atoms with E-state index in [0.717, 1.165) is 0 Å². The monoisotopic (exact) mass is 1520 g/mol. The number of pyridine rings is 6. The molecule has 0 radical (unpaired) electrons. The fourth-order valence-electron chi connectivity index (χ4n) is 10.6. The molecular formula is C73H89N19O18.